The van der Waals surface area contributed by atoms with Crippen LogP contribution < -0.4 is 4.90 Å². The van der Waals surface area contributed by atoms with Gasteiger partial charge in [-0.1, -0.05) is 6.07 Å². The van der Waals surface area contributed by atoms with Crippen LogP contribution in [-0.4, -0.2) is 46.8 Å². The standard InChI is InChI=1S/C15H17N3O3/c1-21-11-7-9-17(10-11)15-12(5-6-14(19)20)18-8-3-2-4-13(18)16-15/h2-6,8,11H,7,9-10H2,1H3,(H,19,20)/b6-5+. The molecule has 0 aliphatic carbocycles. The van der Waals surface area contributed by atoms with Crippen molar-refractivity contribution in [3.05, 3.63) is 36.2 Å². The number of aromatic nitrogens is 2. The highest BCUT2D eigenvalue weighted by molar-refractivity contribution is 5.86. The van der Waals surface area contributed by atoms with E-state index in [1.165, 1.54) is 0 Å². The first-order valence-corrected chi connectivity index (χ1v) is 6.85. The number of ether oxygens (including phenoxy) is 1. The first-order chi connectivity index (χ1) is 10.2. The number of carboxylic acids is 1. The van der Waals surface area contributed by atoms with Gasteiger partial charge in [0.15, 0.2) is 5.82 Å². The van der Waals surface area contributed by atoms with Gasteiger partial charge < -0.3 is 14.7 Å². The van der Waals surface area contributed by atoms with Crippen LogP contribution in [0.25, 0.3) is 11.7 Å². The van der Waals surface area contributed by atoms with E-state index in [2.05, 4.69) is 9.88 Å². The fourth-order valence-electron chi connectivity index (χ4n) is 2.65. The molecule has 1 aliphatic rings. The van der Waals surface area contributed by atoms with Gasteiger partial charge in [0.05, 0.1) is 11.8 Å². The number of rotatable bonds is 4. The van der Waals surface area contributed by atoms with Crippen molar-refractivity contribution in [1.29, 1.82) is 0 Å². The predicted octanol–water partition coefficient (Wildman–Crippen LogP) is 1.66. The summed E-state index contributed by atoms with van der Waals surface area (Å²) in [7, 11) is 1.71. The van der Waals surface area contributed by atoms with Gasteiger partial charge in [-0.15, -0.1) is 0 Å². The number of aliphatic carboxylic acids is 1. The zero-order chi connectivity index (χ0) is 14.8. The van der Waals surface area contributed by atoms with Crippen molar-refractivity contribution in [3.63, 3.8) is 0 Å². The second-order valence-corrected chi connectivity index (χ2v) is 5.01. The largest absolute Gasteiger partial charge is 0.478 e. The van der Waals surface area contributed by atoms with Crippen LogP contribution >= 0.6 is 0 Å². The smallest absolute Gasteiger partial charge is 0.328 e. The molecular weight excluding hydrogens is 270 g/mol. The van der Waals surface area contributed by atoms with Gasteiger partial charge in [-0.05, 0) is 24.6 Å². The Bertz CT molecular complexity index is 693. The third kappa shape index (κ3) is 2.62. The van der Waals surface area contributed by atoms with Crippen molar-refractivity contribution in [2.24, 2.45) is 0 Å². The molecule has 0 radical (unpaired) electrons. The van der Waals surface area contributed by atoms with E-state index in [1.807, 2.05) is 28.8 Å². The van der Waals surface area contributed by atoms with E-state index in [0.29, 0.717) is 0 Å². The third-order valence-corrected chi connectivity index (χ3v) is 3.71. The summed E-state index contributed by atoms with van der Waals surface area (Å²) in [6.45, 7) is 1.63. The minimum absolute atomic E-state index is 0.200. The maximum absolute atomic E-state index is 10.8. The molecule has 0 aromatic carbocycles. The lowest BCUT2D eigenvalue weighted by Gasteiger charge is -2.16. The maximum atomic E-state index is 10.8. The van der Waals surface area contributed by atoms with Crippen LogP contribution in [0, 0.1) is 0 Å². The molecule has 3 rings (SSSR count). The fraction of sp³-hybridized carbons (Fsp3) is 0.333. The monoisotopic (exact) mass is 287 g/mol. The topological polar surface area (TPSA) is 67.1 Å². The lowest BCUT2D eigenvalue weighted by Crippen LogP contribution is -2.23. The van der Waals surface area contributed by atoms with E-state index in [9.17, 15) is 4.79 Å². The van der Waals surface area contributed by atoms with E-state index in [4.69, 9.17) is 9.84 Å². The summed E-state index contributed by atoms with van der Waals surface area (Å²) >= 11 is 0. The number of nitrogens with zero attached hydrogens (tertiary/aromatic N) is 3. The Kier molecular flexibility index (Phi) is 3.62. The van der Waals surface area contributed by atoms with Gasteiger partial charge >= 0.3 is 5.97 Å². The van der Waals surface area contributed by atoms with Crippen molar-refractivity contribution in [2.75, 3.05) is 25.1 Å². The van der Waals surface area contributed by atoms with Crippen LogP contribution in [0.4, 0.5) is 5.82 Å². The molecule has 1 atom stereocenters. The Morgan fingerprint density at radius 3 is 3.10 bits per heavy atom. The van der Waals surface area contributed by atoms with Crippen LogP contribution in [0.2, 0.25) is 0 Å². The summed E-state index contributed by atoms with van der Waals surface area (Å²) in [4.78, 5) is 17.6. The minimum atomic E-state index is -0.969. The number of methoxy groups -OCH3 is 1. The Hall–Kier alpha value is -2.34. The summed E-state index contributed by atoms with van der Waals surface area (Å²) in [6, 6.07) is 5.72. The number of hydrogen-bond acceptors (Lipinski definition) is 4. The Morgan fingerprint density at radius 2 is 2.38 bits per heavy atom. The first kappa shape index (κ1) is 13.6. The maximum Gasteiger partial charge on any atom is 0.328 e. The number of hydrogen-bond donors (Lipinski definition) is 1. The quantitative estimate of drug-likeness (QED) is 0.866. The molecule has 1 saturated heterocycles. The number of carboxylic acid groups (broad SMARTS) is 1. The van der Waals surface area contributed by atoms with Gasteiger partial charge in [-0.3, -0.25) is 4.40 Å². The zero-order valence-electron chi connectivity index (χ0n) is 11.8. The van der Waals surface area contributed by atoms with Crippen LogP contribution in [0.5, 0.6) is 0 Å². The summed E-state index contributed by atoms with van der Waals surface area (Å²) in [5, 5.41) is 8.87. The predicted molar refractivity (Wildman–Crippen MR) is 79.5 cm³/mol. The highest BCUT2D eigenvalue weighted by Gasteiger charge is 2.26. The van der Waals surface area contributed by atoms with Gasteiger partial charge in [0.25, 0.3) is 0 Å². The Morgan fingerprint density at radius 1 is 1.52 bits per heavy atom. The highest BCUT2D eigenvalue weighted by Crippen LogP contribution is 2.27. The summed E-state index contributed by atoms with van der Waals surface area (Å²) in [6.07, 6.45) is 5.77. The van der Waals surface area contributed by atoms with Gasteiger partial charge in [-0.25, -0.2) is 9.78 Å². The van der Waals surface area contributed by atoms with E-state index in [-0.39, 0.29) is 6.10 Å². The van der Waals surface area contributed by atoms with Gasteiger partial charge in [0.2, 0.25) is 0 Å². The molecule has 1 unspecified atom stereocenters. The van der Waals surface area contributed by atoms with Crippen LogP contribution in [0.15, 0.2) is 30.5 Å². The molecule has 1 N–H and O–H groups in total. The van der Waals surface area contributed by atoms with Crippen molar-refractivity contribution in [3.8, 4) is 0 Å². The van der Waals surface area contributed by atoms with Crippen LogP contribution in [0.3, 0.4) is 0 Å². The van der Waals surface area contributed by atoms with Crippen LogP contribution in [-0.2, 0) is 9.53 Å². The minimum Gasteiger partial charge on any atom is -0.478 e. The van der Waals surface area contributed by atoms with Crippen LogP contribution in [0.1, 0.15) is 12.1 Å². The van der Waals surface area contributed by atoms with Gasteiger partial charge in [-0.2, -0.15) is 0 Å². The summed E-state index contributed by atoms with van der Waals surface area (Å²) in [5.74, 6) is -0.165. The molecule has 0 amide bonds. The first-order valence-electron chi connectivity index (χ1n) is 6.85. The molecule has 3 heterocycles. The number of carbonyl (C=O) groups is 1. The third-order valence-electron chi connectivity index (χ3n) is 3.71. The molecule has 0 spiro atoms. The molecular formula is C15H17N3O3. The average molecular weight is 287 g/mol. The second kappa shape index (κ2) is 5.57. The zero-order valence-corrected chi connectivity index (χ0v) is 11.8. The van der Waals surface area contributed by atoms with E-state index in [0.717, 1.165) is 42.7 Å². The normalized spacial score (nSPS) is 18.9. The van der Waals surface area contributed by atoms with Crippen molar-refractivity contribution < 1.29 is 14.6 Å². The van der Waals surface area contributed by atoms with Gasteiger partial charge in [0, 0.05) is 32.5 Å². The lowest BCUT2D eigenvalue weighted by atomic mass is 10.3. The summed E-state index contributed by atoms with van der Waals surface area (Å²) < 4.78 is 7.28. The fourth-order valence-corrected chi connectivity index (χ4v) is 2.65. The molecule has 1 aliphatic heterocycles. The van der Waals surface area contributed by atoms with Crippen molar-refractivity contribution >= 4 is 23.5 Å². The molecule has 0 saturated carbocycles. The number of pyridine rings is 1. The number of fused-ring (bicyclic) bond motifs is 1. The average Bonchev–Trinajstić information content (AvgIpc) is 3.09. The lowest BCUT2D eigenvalue weighted by molar-refractivity contribution is -0.131. The van der Waals surface area contributed by atoms with Gasteiger partial charge in [0.1, 0.15) is 5.65 Å². The molecule has 6 nitrogen and oxygen atoms in total. The van der Waals surface area contributed by atoms with Crippen molar-refractivity contribution in [1.82, 2.24) is 9.38 Å². The van der Waals surface area contributed by atoms with E-state index >= 15 is 0 Å². The SMILES string of the molecule is COC1CCN(c2nc3ccccn3c2/C=C/C(=O)O)C1. The number of anilines is 1. The van der Waals surface area contributed by atoms with Crippen molar-refractivity contribution in [2.45, 2.75) is 12.5 Å². The molecule has 0 bridgehead atoms. The molecule has 1 fully saturated rings. The molecule has 21 heavy (non-hydrogen) atoms. The Balaban J connectivity index is 2.04. The molecule has 2 aromatic heterocycles. The number of imidazole rings is 1. The Labute approximate surface area is 122 Å². The van der Waals surface area contributed by atoms with E-state index in [1.54, 1.807) is 13.2 Å². The van der Waals surface area contributed by atoms with E-state index < -0.39 is 5.97 Å². The molecule has 110 valence electrons. The summed E-state index contributed by atoms with van der Waals surface area (Å²) in [5.41, 5.74) is 1.59. The molecule has 2 aromatic rings. The highest BCUT2D eigenvalue weighted by atomic mass is 16.5. The second-order valence-electron chi connectivity index (χ2n) is 5.01. The molecule has 6 heteroatoms.